The second kappa shape index (κ2) is 4.24. The summed E-state index contributed by atoms with van der Waals surface area (Å²) in [6, 6.07) is 5.77. The first-order valence-corrected chi connectivity index (χ1v) is 7.85. The number of benzene rings is 1. The first kappa shape index (κ1) is 12.0. The predicted molar refractivity (Wildman–Crippen MR) is 69.1 cm³/mol. The van der Waals surface area contributed by atoms with Crippen LogP contribution in [0.4, 0.5) is 0 Å². The minimum absolute atomic E-state index is 0.140. The van der Waals surface area contributed by atoms with Crippen LogP contribution in [-0.2, 0) is 10.0 Å². The number of hydrogen-bond acceptors (Lipinski definition) is 3. The Labute approximate surface area is 107 Å². The van der Waals surface area contributed by atoms with Gasteiger partial charge in [-0.3, -0.25) is 0 Å². The highest BCUT2D eigenvalue weighted by Crippen LogP contribution is 2.35. The molecule has 1 aromatic carbocycles. The zero-order chi connectivity index (χ0) is 12.8. The summed E-state index contributed by atoms with van der Waals surface area (Å²) in [6.45, 7) is 2.56. The van der Waals surface area contributed by atoms with E-state index in [4.69, 9.17) is 4.74 Å². The van der Waals surface area contributed by atoms with Crippen molar-refractivity contribution in [1.82, 2.24) is 4.72 Å². The Morgan fingerprint density at radius 2 is 2.06 bits per heavy atom. The van der Waals surface area contributed by atoms with Crippen LogP contribution in [0.2, 0.25) is 0 Å². The number of aryl methyl sites for hydroxylation is 1. The van der Waals surface area contributed by atoms with Crippen molar-refractivity contribution in [2.24, 2.45) is 0 Å². The van der Waals surface area contributed by atoms with Gasteiger partial charge in [0.15, 0.2) is 0 Å². The molecule has 1 aliphatic heterocycles. The molecular weight excluding hydrogens is 250 g/mol. The minimum atomic E-state index is -3.15. The van der Waals surface area contributed by atoms with Crippen molar-refractivity contribution in [3.63, 3.8) is 0 Å². The number of rotatable bonds is 3. The van der Waals surface area contributed by atoms with Crippen LogP contribution in [0, 0.1) is 6.92 Å². The molecule has 0 saturated heterocycles. The summed E-state index contributed by atoms with van der Waals surface area (Å²) >= 11 is 0. The molecule has 18 heavy (non-hydrogen) atoms. The Bertz CT molecular complexity index is 564. The highest BCUT2D eigenvalue weighted by molar-refractivity contribution is 7.90. The standard InChI is InChI=1S/C13H17NO3S/c1-9-2-5-13-11(8-9)12(6-7-17-13)14-18(15,16)10-3-4-10/h2,5,8,10,12,14H,3-4,6-7H2,1H3. The molecule has 0 radical (unpaired) electrons. The summed E-state index contributed by atoms with van der Waals surface area (Å²) in [5.74, 6) is 0.801. The topological polar surface area (TPSA) is 55.4 Å². The molecule has 2 aliphatic rings. The van der Waals surface area contributed by atoms with Gasteiger partial charge in [0.2, 0.25) is 10.0 Å². The molecule has 1 unspecified atom stereocenters. The van der Waals surface area contributed by atoms with Crippen molar-refractivity contribution < 1.29 is 13.2 Å². The van der Waals surface area contributed by atoms with Crippen LogP contribution >= 0.6 is 0 Å². The number of hydrogen-bond donors (Lipinski definition) is 1. The summed E-state index contributed by atoms with van der Waals surface area (Å²) in [6.07, 6.45) is 2.28. The summed E-state index contributed by atoms with van der Waals surface area (Å²) in [7, 11) is -3.15. The first-order chi connectivity index (χ1) is 8.56. The third kappa shape index (κ3) is 2.24. The van der Waals surface area contributed by atoms with Gasteiger partial charge in [0.05, 0.1) is 17.9 Å². The molecule has 1 saturated carbocycles. The molecule has 5 heteroatoms. The molecular formula is C13H17NO3S. The number of sulfonamides is 1. The molecule has 0 amide bonds. The summed E-state index contributed by atoms with van der Waals surface area (Å²) < 4.78 is 32.4. The minimum Gasteiger partial charge on any atom is -0.493 e. The number of nitrogens with one attached hydrogen (secondary N) is 1. The lowest BCUT2D eigenvalue weighted by atomic mass is 10.00. The molecule has 1 N–H and O–H groups in total. The van der Waals surface area contributed by atoms with Gasteiger partial charge in [0, 0.05) is 12.0 Å². The van der Waals surface area contributed by atoms with Crippen molar-refractivity contribution in [3.8, 4) is 5.75 Å². The molecule has 0 aromatic heterocycles. The predicted octanol–water partition coefficient (Wildman–Crippen LogP) is 1.90. The van der Waals surface area contributed by atoms with E-state index in [-0.39, 0.29) is 11.3 Å². The molecule has 4 nitrogen and oxygen atoms in total. The SMILES string of the molecule is Cc1ccc2c(c1)C(NS(=O)(=O)C1CC1)CCO2. The zero-order valence-corrected chi connectivity index (χ0v) is 11.2. The quantitative estimate of drug-likeness (QED) is 0.910. The summed E-state index contributed by atoms with van der Waals surface area (Å²) in [4.78, 5) is 0. The fraction of sp³-hybridized carbons (Fsp3) is 0.538. The molecule has 3 rings (SSSR count). The van der Waals surface area contributed by atoms with Crippen LogP contribution in [0.5, 0.6) is 5.75 Å². The van der Waals surface area contributed by atoms with Crippen LogP contribution in [0.15, 0.2) is 18.2 Å². The van der Waals surface area contributed by atoms with E-state index in [2.05, 4.69) is 4.72 Å². The van der Waals surface area contributed by atoms with E-state index in [1.165, 1.54) is 0 Å². The fourth-order valence-electron chi connectivity index (χ4n) is 2.31. The molecule has 1 aromatic rings. The Hall–Kier alpha value is -1.07. The van der Waals surface area contributed by atoms with Gasteiger partial charge >= 0.3 is 0 Å². The molecule has 1 fully saturated rings. The molecule has 1 atom stereocenters. The van der Waals surface area contributed by atoms with Gasteiger partial charge in [-0.1, -0.05) is 17.7 Å². The smallest absolute Gasteiger partial charge is 0.215 e. The van der Waals surface area contributed by atoms with Gasteiger partial charge in [-0.2, -0.15) is 0 Å². The highest BCUT2D eigenvalue weighted by Gasteiger charge is 2.38. The normalized spacial score (nSPS) is 23.3. The largest absolute Gasteiger partial charge is 0.493 e. The monoisotopic (exact) mass is 267 g/mol. The Morgan fingerprint density at radius 1 is 1.28 bits per heavy atom. The fourth-order valence-corrected chi connectivity index (χ4v) is 3.90. The maximum absolute atomic E-state index is 12.0. The van der Waals surface area contributed by atoms with Crippen molar-refractivity contribution in [1.29, 1.82) is 0 Å². The van der Waals surface area contributed by atoms with Crippen LogP contribution in [0.3, 0.4) is 0 Å². The lowest BCUT2D eigenvalue weighted by Gasteiger charge is -2.27. The van der Waals surface area contributed by atoms with Crippen molar-refractivity contribution in [2.75, 3.05) is 6.61 Å². The van der Waals surface area contributed by atoms with E-state index in [9.17, 15) is 8.42 Å². The Morgan fingerprint density at radius 3 is 2.78 bits per heavy atom. The average Bonchev–Trinajstić information content (AvgIpc) is 3.13. The third-order valence-electron chi connectivity index (χ3n) is 3.47. The summed E-state index contributed by atoms with van der Waals surface area (Å²) in [5, 5.41) is -0.173. The highest BCUT2D eigenvalue weighted by atomic mass is 32.2. The second-order valence-electron chi connectivity index (χ2n) is 5.09. The Kier molecular flexibility index (Phi) is 2.83. The van der Waals surface area contributed by atoms with E-state index >= 15 is 0 Å². The lowest BCUT2D eigenvalue weighted by Crippen LogP contribution is -2.34. The second-order valence-corrected chi connectivity index (χ2v) is 7.09. The lowest BCUT2D eigenvalue weighted by molar-refractivity contribution is 0.263. The van der Waals surface area contributed by atoms with Gasteiger partial charge in [0.25, 0.3) is 0 Å². The maximum atomic E-state index is 12.0. The van der Waals surface area contributed by atoms with Crippen molar-refractivity contribution in [3.05, 3.63) is 29.3 Å². The van der Waals surface area contributed by atoms with E-state index in [1.807, 2.05) is 25.1 Å². The van der Waals surface area contributed by atoms with E-state index in [0.29, 0.717) is 13.0 Å². The average molecular weight is 267 g/mol. The van der Waals surface area contributed by atoms with Crippen LogP contribution in [-0.4, -0.2) is 20.3 Å². The summed E-state index contributed by atoms with van der Waals surface area (Å²) in [5.41, 5.74) is 2.08. The van der Waals surface area contributed by atoms with Gasteiger partial charge < -0.3 is 4.74 Å². The zero-order valence-electron chi connectivity index (χ0n) is 10.3. The van der Waals surface area contributed by atoms with E-state index in [1.54, 1.807) is 0 Å². The van der Waals surface area contributed by atoms with Gasteiger partial charge in [0.1, 0.15) is 5.75 Å². The van der Waals surface area contributed by atoms with E-state index < -0.39 is 10.0 Å². The van der Waals surface area contributed by atoms with Crippen LogP contribution in [0.1, 0.15) is 36.4 Å². The third-order valence-corrected chi connectivity index (χ3v) is 5.44. The van der Waals surface area contributed by atoms with Gasteiger partial charge in [-0.25, -0.2) is 13.1 Å². The van der Waals surface area contributed by atoms with Gasteiger partial charge in [-0.15, -0.1) is 0 Å². The molecule has 0 bridgehead atoms. The van der Waals surface area contributed by atoms with Crippen molar-refractivity contribution >= 4 is 10.0 Å². The van der Waals surface area contributed by atoms with E-state index in [0.717, 1.165) is 29.7 Å². The first-order valence-electron chi connectivity index (χ1n) is 6.31. The number of ether oxygens (including phenoxy) is 1. The molecule has 98 valence electrons. The molecule has 1 heterocycles. The van der Waals surface area contributed by atoms with Crippen molar-refractivity contribution in [2.45, 2.75) is 37.5 Å². The Balaban J connectivity index is 1.89. The van der Waals surface area contributed by atoms with Crippen LogP contribution in [0.25, 0.3) is 0 Å². The maximum Gasteiger partial charge on any atom is 0.215 e. The van der Waals surface area contributed by atoms with Gasteiger partial charge in [-0.05, 0) is 25.8 Å². The molecule has 1 aliphatic carbocycles. The van der Waals surface area contributed by atoms with Crippen LogP contribution < -0.4 is 9.46 Å². The molecule has 0 spiro atoms. The number of fused-ring (bicyclic) bond motifs is 1.